The van der Waals surface area contributed by atoms with E-state index in [1.165, 1.54) is 0 Å². The topological polar surface area (TPSA) is 82.9 Å². The molecule has 0 radical (unpaired) electrons. The molecule has 1 aliphatic rings. The van der Waals surface area contributed by atoms with Crippen LogP contribution in [0.4, 0.5) is 5.69 Å². The highest BCUT2D eigenvalue weighted by molar-refractivity contribution is 5.92. The molecule has 0 aliphatic carbocycles. The number of ether oxygens (including phenoxy) is 1. The molecule has 0 bridgehead atoms. The maximum absolute atomic E-state index is 9.18. The average Bonchev–Trinajstić information content (AvgIpc) is 2.53. The molecule has 1 aliphatic heterocycles. The Morgan fingerprint density at radius 3 is 3.10 bits per heavy atom. The van der Waals surface area contributed by atoms with Crippen LogP contribution < -0.4 is 10.6 Å². The van der Waals surface area contributed by atoms with Crippen LogP contribution in [0.15, 0.2) is 24.3 Å². The molecule has 2 aromatic rings. The predicted molar refractivity (Wildman–Crippen MR) is 75.4 cm³/mol. The Kier molecular flexibility index (Phi) is 3.72. The van der Waals surface area contributed by atoms with Crippen molar-refractivity contribution in [3.05, 3.63) is 30.0 Å². The Morgan fingerprint density at radius 1 is 1.40 bits per heavy atom. The van der Waals surface area contributed by atoms with E-state index < -0.39 is 0 Å². The minimum atomic E-state index is 0.238. The number of nitrogens with zero attached hydrogens (tertiary/aromatic N) is 3. The quantitative estimate of drug-likeness (QED) is 0.861. The fraction of sp³-hybridized carbons (Fsp3) is 0.357. The molecule has 6 nitrogen and oxygen atoms in total. The summed E-state index contributed by atoms with van der Waals surface area (Å²) >= 11 is 0. The molecule has 1 atom stereocenters. The molecular weight excluding hydrogens is 254 g/mol. The van der Waals surface area contributed by atoms with Crippen molar-refractivity contribution < 1.29 is 4.74 Å². The number of benzene rings is 1. The molecule has 1 saturated heterocycles. The Morgan fingerprint density at radius 2 is 2.30 bits per heavy atom. The summed E-state index contributed by atoms with van der Waals surface area (Å²) in [6.45, 7) is 2.96. The molecule has 2 N–H and O–H groups in total. The highest BCUT2D eigenvalue weighted by atomic mass is 16.5. The number of fused-ring (bicyclic) bond motifs is 1. The fourth-order valence-electron chi connectivity index (χ4n) is 2.29. The van der Waals surface area contributed by atoms with Gasteiger partial charge in [-0.15, -0.1) is 10.2 Å². The van der Waals surface area contributed by atoms with Gasteiger partial charge in [-0.05, 0) is 6.07 Å². The van der Waals surface area contributed by atoms with Crippen molar-refractivity contribution >= 4 is 16.6 Å². The summed E-state index contributed by atoms with van der Waals surface area (Å²) in [5, 5.41) is 24.8. The van der Waals surface area contributed by atoms with Crippen LogP contribution >= 0.6 is 0 Å². The number of nitrogens with one attached hydrogen (secondary N) is 2. The van der Waals surface area contributed by atoms with E-state index in [1.807, 2.05) is 24.3 Å². The second kappa shape index (κ2) is 5.82. The van der Waals surface area contributed by atoms with Gasteiger partial charge in [0, 0.05) is 24.5 Å². The standard InChI is InChI=1S/C14H15N5O/c15-7-13-14(17-8-10-9-20-6-5-16-10)11-3-1-2-4-12(11)18-19-13/h1-4,10,16H,5-6,8-9H2,(H,17,18). The lowest BCUT2D eigenvalue weighted by Gasteiger charge is -2.24. The smallest absolute Gasteiger partial charge is 0.186 e. The first kappa shape index (κ1) is 12.8. The lowest BCUT2D eigenvalue weighted by Crippen LogP contribution is -2.45. The van der Waals surface area contributed by atoms with E-state index in [2.05, 4.69) is 26.9 Å². The van der Waals surface area contributed by atoms with E-state index in [1.54, 1.807) is 0 Å². The van der Waals surface area contributed by atoms with Gasteiger partial charge in [-0.3, -0.25) is 0 Å². The van der Waals surface area contributed by atoms with Gasteiger partial charge in [0.05, 0.1) is 24.4 Å². The van der Waals surface area contributed by atoms with Crippen LogP contribution in [0.5, 0.6) is 0 Å². The van der Waals surface area contributed by atoms with E-state index >= 15 is 0 Å². The third-order valence-electron chi connectivity index (χ3n) is 3.30. The molecule has 3 rings (SSSR count). The molecule has 0 spiro atoms. The summed E-state index contributed by atoms with van der Waals surface area (Å²) in [6, 6.07) is 9.99. The molecule has 1 fully saturated rings. The molecule has 1 aromatic heterocycles. The van der Waals surface area contributed by atoms with Crippen LogP contribution in [0.25, 0.3) is 10.9 Å². The van der Waals surface area contributed by atoms with Crippen molar-refractivity contribution in [3.8, 4) is 6.07 Å². The molecule has 102 valence electrons. The van der Waals surface area contributed by atoms with Crippen molar-refractivity contribution in [2.45, 2.75) is 6.04 Å². The predicted octanol–water partition coefficient (Wildman–Crippen LogP) is 0.902. The SMILES string of the molecule is N#Cc1nnc2ccccc2c1NCC1COCCN1. The Balaban J connectivity index is 1.87. The van der Waals surface area contributed by atoms with Gasteiger partial charge in [-0.2, -0.15) is 5.26 Å². The number of nitriles is 1. The molecule has 0 saturated carbocycles. The van der Waals surface area contributed by atoms with Crippen molar-refractivity contribution in [2.24, 2.45) is 0 Å². The first-order valence-corrected chi connectivity index (χ1v) is 6.59. The number of aromatic nitrogens is 2. The molecule has 1 aromatic carbocycles. The molecule has 2 heterocycles. The van der Waals surface area contributed by atoms with Gasteiger partial charge in [0.15, 0.2) is 5.69 Å². The zero-order chi connectivity index (χ0) is 13.8. The highest BCUT2D eigenvalue weighted by Crippen LogP contribution is 2.23. The largest absolute Gasteiger partial charge is 0.380 e. The van der Waals surface area contributed by atoms with Gasteiger partial charge in [-0.1, -0.05) is 18.2 Å². The van der Waals surface area contributed by atoms with Crippen LogP contribution in [0, 0.1) is 11.3 Å². The summed E-state index contributed by atoms with van der Waals surface area (Å²) in [5.41, 5.74) is 1.84. The lowest BCUT2D eigenvalue weighted by atomic mass is 10.1. The van der Waals surface area contributed by atoms with E-state index in [0.717, 1.165) is 29.7 Å². The van der Waals surface area contributed by atoms with E-state index in [9.17, 15) is 5.26 Å². The molecule has 20 heavy (non-hydrogen) atoms. The van der Waals surface area contributed by atoms with Crippen LogP contribution in [0.2, 0.25) is 0 Å². The zero-order valence-electron chi connectivity index (χ0n) is 11.0. The van der Waals surface area contributed by atoms with Gasteiger partial charge in [0.1, 0.15) is 6.07 Å². The third-order valence-corrected chi connectivity index (χ3v) is 3.30. The van der Waals surface area contributed by atoms with Crippen LogP contribution in [0.3, 0.4) is 0 Å². The van der Waals surface area contributed by atoms with E-state index in [4.69, 9.17) is 4.74 Å². The molecule has 0 amide bonds. The first-order chi connectivity index (χ1) is 9.88. The van der Waals surface area contributed by atoms with Crippen molar-refractivity contribution in [1.29, 1.82) is 5.26 Å². The van der Waals surface area contributed by atoms with Gasteiger partial charge in [0.25, 0.3) is 0 Å². The van der Waals surface area contributed by atoms with Gasteiger partial charge >= 0.3 is 0 Å². The van der Waals surface area contributed by atoms with E-state index in [0.29, 0.717) is 18.8 Å². The zero-order valence-corrected chi connectivity index (χ0v) is 11.0. The second-order valence-corrected chi connectivity index (χ2v) is 4.66. The number of hydrogen-bond donors (Lipinski definition) is 2. The highest BCUT2D eigenvalue weighted by Gasteiger charge is 2.15. The molecular formula is C14H15N5O. The Hall–Kier alpha value is -2.23. The fourth-order valence-corrected chi connectivity index (χ4v) is 2.29. The second-order valence-electron chi connectivity index (χ2n) is 4.66. The molecule has 1 unspecified atom stereocenters. The van der Waals surface area contributed by atoms with Gasteiger partial charge in [-0.25, -0.2) is 0 Å². The summed E-state index contributed by atoms with van der Waals surface area (Å²) in [4.78, 5) is 0. The van der Waals surface area contributed by atoms with E-state index in [-0.39, 0.29) is 6.04 Å². The lowest BCUT2D eigenvalue weighted by molar-refractivity contribution is 0.0807. The summed E-state index contributed by atoms with van der Waals surface area (Å²) < 4.78 is 5.42. The summed E-state index contributed by atoms with van der Waals surface area (Å²) in [7, 11) is 0. The van der Waals surface area contributed by atoms with Crippen LogP contribution in [-0.4, -0.2) is 42.5 Å². The third kappa shape index (κ3) is 2.54. The summed E-state index contributed by atoms with van der Waals surface area (Å²) in [6.07, 6.45) is 0. The minimum absolute atomic E-state index is 0.238. The monoisotopic (exact) mass is 269 g/mol. The van der Waals surface area contributed by atoms with Crippen LogP contribution in [0.1, 0.15) is 5.69 Å². The first-order valence-electron chi connectivity index (χ1n) is 6.59. The number of anilines is 1. The Bertz CT molecular complexity index is 646. The van der Waals surface area contributed by atoms with Crippen molar-refractivity contribution in [3.63, 3.8) is 0 Å². The number of rotatable bonds is 3. The van der Waals surface area contributed by atoms with Gasteiger partial charge in [0.2, 0.25) is 0 Å². The number of hydrogen-bond acceptors (Lipinski definition) is 6. The maximum Gasteiger partial charge on any atom is 0.186 e. The van der Waals surface area contributed by atoms with Crippen molar-refractivity contribution in [1.82, 2.24) is 15.5 Å². The normalized spacial score (nSPS) is 18.6. The number of morpholine rings is 1. The Labute approximate surface area is 116 Å². The summed E-state index contributed by atoms with van der Waals surface area (Å²) in [5.74, 6) is 0. The van der Waals surface area contributed by atoms with Gasteiger partial charge < -0.3 is 15.4 Å². The van der Waals surface area contributed by atoms with Crippen LogP contribution in [-0.2, 0) is 4.74 Å². The maximum atomic E-state index is 9.18. The average molecular weight is 269 g/mol. The van der Waals surface area contributed by atoms with Crippen molar-refractivity contribution in [2.75, 3.05) is 31.6 Å². The minimum Gasteiger partial charge on any atom is -0.380 e. The molecule has 6 heteroatoms.